The molecule has 2 aromatic heterocycles. The van der Waals surface area contributed by atoms with Gasteiger partial charge in [-0.2, -0.15) is 9.97 Å². The molecule has 0 bridgehead atoms. The highest BCUT2D eigenvalue weighted by Gasteiger charge is 2.14. The lowest BCUT2D eigenvalue weighted by Gasteiger charge is -2.09. The van der Waals surface area contributed by atoms with Gasteiger partial charge in [0.1, 0.15) is 5.52 Å². The van der Waals surface area contributed by atoms with E-state index < -0.39 is 5.97 Å². The summed E-state index contributed by atoms with van der Waals surface area (Å²) in [4.78, 5) is 34.2. The number of nitrogens with one attached hydrogen (secondary N) is 2. The number of nitrogens with zero attached hydrogens (tertiary/aromatic N) is 3. The number of H-pyrrole nitrogens is 1. The summed E-state index contributed by atoms with van der Waals surface area (Å²) >= 11 is 0. The predicted molar refractivity (Wildman–Crippen MR) is 114 cm³/mol. The number of hydrogen-bond donors (Lipinski definition) is 3. The molecule has 0 aliphatic carbocycles. The van der Waals surface area contributed by atoms with E-state index >= 15 is 0 Å². The number of unbranched alkanes of at least 4 members (excludes halogenated alkanes) is 1. The van der Waals surface area contributed by atoms with Crippen molar-refractivity contribution in [1.29, 1.82) is 0 Å². The van der Waals surface area contributed by atoms with Gasteiger partial charge in [-0.25, -0.2) is 4.79 Å². The number of aliphatic carboxylic acids is 1. The molecular weight excluding hydrogens is 400 g/mol. The average molecular weight is 427 g/mol. The molecule has 10 heteroatoms. The van der Waals surface area contributed by atoms with Gasteiger partial charge in [0.15, 0.2) is 11.5 Å². The number of carbonyl (C=O) groups excluding carboxylic acids is 1. The number of aromatic nitrogens is 4. The lowest BCUT2D eigenvalue weighted by Crippen LogP contribution is -2.24. The van der Waals surface area contributed by atoms with Crippen molar-refractivity contribution in [3.8, 4) is 6.01 Å². The van der Waals surface area contributed by atoms with Crippen LogP contribution < -0.4 is 26.6 Å². The molecule has 0 radical (unpaired) electrons. The molecule has 10 nitrogen and oxygen atoms in total. The quantitative estimate of drug-likeness (QED) is 0.350. The van der Waals surface area contributed by atoms with Crippen LogP contribution >= 0.6 is 0 Å². The summed E-state index contributed by atoms with van der Waals surface area (Å²) in [5.41, 5.74) is 8.19. The van der Waals surface area contributed by atoms with Crippen molar-refractivity contribution < 1.29 is 14.6 Å². The molecule has 0 amide bonds. The molecular formula is C21H27N6O4-. The first kappa shape index (κ1) is 22.3. The van der Waals surface area contributed by atoms with Crippen LogP contribution in [0.15, 0.2) is 29.1 Å². The van der Waals surface area contributed by atoms with Crippen molar-refractivity contribution in [3.05, 3.63) is 45.9 Å². The zero-order valence-electron chi connectivity index (χ0n) is 17.5. The number of hydrogen-bond acceptors (Lipinski definition) is 8. The van der Waals surface area contributed by atoms with Gasteiger partial charge < -0.3 is 30.7 Å². The SMILES string of the molecule is CCCCOc1nc(N)c2[nH]c(=O)n(CCCNCc3cccc(CC(=O)[O-])c3)c2n1. The number of nitrogens with two attached hydrogens (primary N) is 1. The molecule has 0 unspecified atom stereocenters. The van der Waals surface area contributed by atoms with Gasteiger partial charge in [0.2, 0.25) is 0 Å². The number of aromatic amines is 1. The van der Waals surface area contributed by atoms with Crippen molar-refractivity contribution >= 4 is 23.0 Å². The molecule has 0 saturated carbocycles. The molecule has 1 aromatic carbocycles. The molecule has 31 heavy (non-hydrogen) atoms. The van der Waals surface area contributed by atoms with Gasteiger partial charge in [-0.3, -0.25) is 4.57 Å². The van der Waals surface area contributed by atoms with Gasteiger partial charge in [0, 0.05) is 25.5 Å². The van der Waals surface area contributed by atoms with Crippen LogP contribution in [0.2, 0.25) is 0 Å². The first-order valence-electron chi connectivity index (χ1n) is 10.3. The lowest BCUT2D eigenvalue weighted by atomic mass is 10.1. The molecule has 3 aromatic rings. The Morgan fingerprint density at radius 3 is 2.87 bits per heavy atom. The maximum absolute atomic E-state index is 12.3. The van der Waals surface area contributed by atoms with E-state index in [0.29, 0.717) is 49.4 Å². The standard InChI is InChI=1S/C21H28N6O4/c1-2-3-10-31-20-25-18(22)17-19(26-20)27(21(30)24-17)9-5-8-23-13-15-7-4-6-14(11-15)12-16(28)29/h4,6-7,11,23H,2-3,5,8-10,12-13H2,1H3,(H,24,30)(H,28,29)(H2,22,25,26)/p-1. The fraction of sp³-hybridized carbons (Fsp3) is 0.429. The normalized spacial score (nSPS) is 11.1. The van der Waals surface area contributed by atoms with Crippen LogP contribution in [-0.4, -0.2) is 38.6 Å². The van der Waals surface area contributed by atoms with Crippen LogP contribution in [0, 0.1) is 0 Å². The summed E-state index contributed by atoms with van der Waals surface area (Å²) in [5, 5.41) is 14.0. The summed E-state index contributed by atoms with van der Waals surface area (Å²) in [7, 11) is 0. The average Bonchev–Trinajstić information content (AvgIpc) is 3.04. The number of imidazole rings is 1. The minimum absolute atomic E-state index is 0.105. The van der Waals surface area contributed by atoms with Gasteiger partial charge in [-0.15, -0.1) is 0 Å². The van der Waals surface area contributed by atoms with Crippen LogP contribution in [0.3, 0.4) is 0 Å². The molecule has 3 rings (SSSR count). The van der Waals surface area contributed by atoms with Crippen LogP contribution in [0.1, 0.15) is 37.3 Å². The van der Waals surface area contributed by atoms with Crippen LogP contribution in [0.5, 0.6) is 6.01 Å². The molecule has 4 N–H and O–H groups in total. The number of anilines is 1. The number of ether oxygens (including phenoxy) is 1. The zero-order chi connectivity index (χ0) is 22.2. The number of rotatable bonds is 12. The molecule has 166 valence electrons. The fourth-order valence-corrected chi connectivity index (χ4v) is 3.22. The number of fused-ring (bicyclic) bond motifs is 1. The third-order valence-corrected chi connectivity index (χ3v) is 4.76. The van der Waals surface area contributed by atoms with E-state index in [-0.39, 0.29) is 23.9 Å². The Bertz CT molecular complexity index is 1090. The van der Waals surface area contributed by atoms with Crippen molar-refractivity contribution in [1.82, 2.24) is 24.8 Å². The van der Waals surface area contributed by atoms with E-state index in [0.717, 1.165) is 18.4 Å². The molecule has 0 aliphatic heterocycles. The van der Waals surface area contributed by atoms with Gasteiger partial charge in [-0.05, 0) is 30.5 Å². The van der Waals surface area contributed by atoms with Gasteiger partial charge in [-0.1, -0.05) is 37.6 Å². The number of carboxylic acid groups (broad SMARTS) is 1. The van der Waals surface area contributed by atoms with Crippen molar-refractivity contribution in [2.45, 2.75) is 45.7 Å². The second-order valence-electron chi connectivity index (χ2n) is 7.27. The first-order chi connectivity index (χ1) is 15.0. The van der Waals surface area contributed by atoms with E-state index in [1.807, 2.05) is 18.2 Å². The monoisotopic (exact) mass is 427 g/mol. The Hall–Kier alpha value is -3.40. The summed E-state index contributed by atoms with van der Waals surface area (Å²) < 4.78 is 7.07. The molecule has 0 fully saturated rings. The van der Waals surface area contributed by atoms with Gasteiger partial charge >= 0.3 is 11.7 Å². The Morgan fingerprint density at radius 2 is 2.10 bits per heavy atom. The van der Waals surface area contributed by atoms with Gasteiger partial charge in [0.05, 0.1) is 6.61 Å². The smallest absolute Gasteiger partial charge is 0.327 e. The van der Waals surface area contributed by atoms with Crippen LogP contribution in [-0.2, 0) is 24.3 Å². The van der Waals surface area contributed by atoms with E-state index in [4.69, 9.17) is 10.5 Å². The molecule has 0 atom stereocenters. The van der Waals surface area contributed by atoms with Gasteiger partial charge in [0.25, 0.3) is 0 Å². The third-order valence-electron chi connectivity index (χ3n) is 4.76. The Labute approximate surface area is 179 Å². The van der Waals surface area contributed by atoms with E-state index in [9.17, 15) is 14.7 Å². The number of aryl methyl sites for hydroxylation is 1. The molecule has 2 heterocycles. The van der Waals surface area contributed by atoms with Crippen LogP contribution in [0.25, 0.3) is 11.2 Å². The maximum atomic E-state index is 12.3. The Kier molecular flexibility index (Phi) is 7.60. The number of nitrogen functional groups attached to an aromatic ring is 1. The molecule has 0 saturated heterocycles. The summed E-state index contributed by atoms with van der Waals surface area (Å²) in [6, 6.07) is 7.52. The zero-order valence-corrected chi connectivity index (χ0v) is 17.5. The van der Waals surface area contributed by atoms with Crippen molar-refractivity contribution in [3.63, 3.8) is 0 Å². The highest BCUT2D eigenvalue weighted by molar-refractivity contribution is 5.81. The van der Waals surface area contributed by atoms with Crippen LogP contribution in [0.4, 0.5) is 5.82 Å². The van der Waals surface area contributed by atoms with E-state index in [1.54, 1.807) is 6.07 Å². The predicted octanol–water partition coefficient (Wildman–Crippen LogP) is 0.353. The van der Waals surface area contributed by atoms with Crippen molar-refractivity contribution in [2.75, 3.05) is 18.9 Å². The number of carboxylic acids is 1. The number of benzene rings is 1. The topological polar surface area (TPSA) is 151 Å². The fourth-order valence-electron chi connectivity index (χ4n) is 3.22. The summed E-state index contributed by atoms with van der Waals surface area (Å²) in [5.74, 6) is -0.917. The second-order valence-corrected chi connectivity index (χ2v) is 7.27. The third kappa shape index (κ3) is 6.05. The van der Waals surface area contributed by atoms with E-state index in [2.05, 4.69) is 27.2 Å². The highest BCUT2D eigenvalue weighted by Crippen LogP contribution is 2.18. The summed E-state index contributed by atoms with van der Waals surface area (Å²) in [6.45, 7) is 4.24. The molecule has 0 spiro atoms. The Balaban J connectivity index is 1.57. The minimum Gasteiger partial charge on any atom is -0.550 e. The minimum atomic E-state index is -1.10. The molecule has 0 aliphatic rings. The summed E-state index contributed by atoms with van der Waals surface area (Å²) in [6.07, 6.45) is 2.44. The first-order valence-corrected chi connectivity index (χ1v) is 10.3. The Morgan fingerprint density at radius 1 is 1.29 bits per heavy atom. The maximum Gasteiger partial charge on any atom is 0.327 e. The second kappa shape index (κ2) is 10.6. The van der Waals surface area contributed by atoms with E-state index in [1.165, 1.54) is 4.57 Å². The number of carbonyl (C=O) groups is 1. The lowest BCUT2D eigenvalue weighted by molar-refractivity contribution is -0.304. The largest absolute Gasteiger partial charge is 0.550 e. The van der Waals surface area contributed by atoms with Crippen molar-refractivity contribution in [2.24, 2.45) is 0 Å². The highest BCUT2D eigenvalue weighted by atomic mass is 16.5.